The summed E-state index contributed by atoms with van der Waals surface area (Å²) in [6, 6.07) is 0.232. The molecule has 0 atom stereocenters. The van der Waals surface area contributed by atoms with Gasteiger partial charge in [0, 0.05) is 19.3 Å². The lowest BCUT2D eigenvalue weighted by Crippen LogP contribution is -2.32. The summed E-state index contributed by atoms with van der Waals surface area (Å²) in [6.07, 6.45) is 2.05. The molecule has 0 aromatic rings. The van der Waals surface area contributed by atoms with E-state index in [-0.39, 0.29) is 6.04 Å². The third-order valence-electron chi connectivity index (χ3n) is 2.52. The molecule has 62 valence electrons. The summed E-state index contributed by atoms with van der Waals surface area (Å²) in [4.78, 5) is 0. The van der Waals surface area contributed by atoms with Gasteiger partial charge in [0.2, 0.25) is 0 Å². The second-order valence-electron chi connectivity index (χ2n) is 3.17. The van der Waals surface area contributed by atoms with E-state index < -0.39 is 10.2 Å². The lowest BCUT2D eigenvalue weighted by molar-refractivity contribution is 0.326. The molecule has 11 heavy (non-hydrogen) atoms. The van der Waals surface area contributed by atoms with Gasteiger partial charge < -0.3 is 0 Å². The highest BCUT2D eigenvalue weighted by molar-refractivity contribution is 7.87. The van der Waals surface area contributed by atoms with Crippen LogP contribution in [0.3, 0.4) is 0 Å². The van der Waals surface area contributed by atoms with Crippen LogP contribution in [0, 0.1) is 5.92 Å². The monoisotopic (exact) mass is 174 g/mol. The molecular formula is C6H10N2O2S. The Morgan fingerprint density at radius 3 is 2.45 bits per heavy atom. The summed E-state index contributed by atoms with van der Waals surface area (Å²) in [5, 5.41) is 0. The van der Waals surface area contributed by atoms with Crippen LogP contribution in [-0.2, 0) is 10.2 Å². The Bertz CT molecular complexity index is 279. The summed E-state index contributed by atoms with van der Waals surface area (Å²) in [6.45, 7) is 3.71. The van der Waals surface area contributed by atoms with Gasteiger partial charge in [0.25, 0.3) is 0 Å². The molecule has 1 aliphatic carbocycles. The normalized spacial score (nSPS) is 36.7. The Hall–Kier alpha value is -0.420. The number of hydrogen-bond acceptors (Lipinski definition) is 2. The molecule has 0 radical (unpaired) electrons. The summed E-state index contributed by atoms with van der Waals surface area (Å²) < 4.78 is 26.9. The number of hydrogen-bond donors (Lipinski definition) is 0. The van der Waals surface area contributed by atoms with Gasteiger partial charge in [-0.2, -0.15) is 17.1 Å². The topological polar surface area (TPSA) is 49.7 Å². The minimum atomic E-state index is -3.36. The van der Waals surface area contributed by atoms with E-state index in [1.807, 2.05) is 0 Å². The van der Waals surface area contributed by atoms with Gasteiger partial charge in [0.15, 0.2) is 0 Å². The third-order valence-corrected chi connectivity index (χ3v) is 3.88. The fraction of sp³-hybridized carbons (Fsp3) is 0.833. The fourth-order valence-electron chi connectivity index (χ4n) is 1.85. The zero-order valence-corrected chi connectivity index (χ0v) is 6.92. The second kappa shape index (κ2) is 2.04. The molecule has 2 aliphatic heterocycles. The quantitative estimate of drug-likeness (QED) is 0.554. The zero-order valence-electron chi connectivity index (χ0n) is 6.10. The molecule has 2 heterocycles. The van der Waals surface area contributed by atoms with E-state index in [9.17, 15) is 8.42 Å². The van der Waals surface area contributed by atoms with Crippen LogP contribution in [0.4, 0.5) is 0 Å². The Kier molecular flexibility index (Phi) is 1.34. The second-order valence-corrected chi connectivity index (χ2v) is 4.79. The predicted octanol–water partition coefficient (Wildman–Crippen LogP) is 0.0260. The van der Waals surface area contributed by atoms with E-state index >= 15 is 0 Å². The van der Waals surface area contributed by atoms with Crippen LogP contribution in [0.1, 0.15) is 12.8 Å². The summed E-state index contributed by atoms with van der Waals surface area (Å²) in [7, 11) is -3.36. The SMILES string of the molecule is C=NS(=O)(=O)N1CC2CC1C2. The maximum absolute atomic E-state index is 11.1. The van der Waals surface area contributed by atoms with E-state index in [1.54, 1.807) is 0 Å². The molecule has 0 N–H and O–H groups in total. The van der Waals surface area contributed by atoms with Gasteiger partial charge in [-0.3, -0.25) is 0 Å². The lowest BCUT2D eigenvalue weighted by atomic mass is 9.87. The molecule has 4 nitrogen and oxygen atoms in total. The van der Waals surface area contributed by atoms with Crippen LogP contribution in [0.25, 0.3) is 0 Å². The zero-order chi connectivity index (χ0) is 8.06. The van der Waals surface area contributed by atoms with Gasteiger partial charge in [-0.05, 0) is 18.8 Å². The third kappa shape index (κ3) is 0.911. The fourth-order valence-corrected chi connectivity index (χ4v) is 2.94. The molecule has 1 saturated carbocycles. The highest BCUT2D eigenvalue weighted by Crippen LogP contribution is 2.42. The van der Waals surface area contributed by atoms with Crippen molar-refractivity contribution in [2.45, 2.75) is 18.9 Å². The maximum atomic E-state index is 11.1. The van der Waals surface area contributed by atoms with Crippen molar-refractivity contribution in [2.24, 2.45) is 10.3 Å². The highest BCUT2D eigenvalue weighted by atomic mass is 32.2. The van der Waals surface area contributed by atoms with Crippen molar-refractivity contribution in [3.8, 4) is 0 Å². The van der Waals surface area contributed by atoms with Crippen molar-refractivity contribution in [3.05, 3.63) is 0 Å². The molecule has 2 bridgehead atoms. The van der Waals surface area contributed by atoms with Crippen molar-refractivity contribution >= 4 is 16.9 Å². The van der Waals surface area contributed by atoms with Crippen LogP contribution in [0.5, 0.6) is 0 Å². The van der Waals surface area contributed by atoms with Crippen LogP contribution in [0.15, 0.2) is 4.40 Å². The first-order valence-electron chi connectivity index (χ1n) is 3.63. The molecule has 2 saturated heterocycles. The molecular weight excluding hydrogens is 164 g/mol. The summed E-state index contributed by atoms with van der Waals surface area (Å²) in [5.74, 6) is 0.594. The van der Waals surface area contributed by atoms with Crippen molar-refractivity contribution < 1.29 is 8.42 Å². The first kappa shape index (κ1) is 7.24. The first-order chi connectivity index (χ1) is 5.13. The van der Waals surface area contributed by atoms with Gasteiger partial charge >= 0.3 is 10.2 Å². The summed E-state index contributed by atoms with van der Waals surface area (Å²) >= 11 is 0. The smallest absolute Gasteiger partial charge is 0.187 e. The molecule has 3 fully saturated rings. The van der Waals surface area contributed by atoms with Crippen molar-refractivity contribution in [3.63, 3.8) is 0 Å². The summed E-state index contributed by atoms with van der Waals surface area (Å²) in [5.41, 5.74) is 0. The van der Waals surface area contributed by atoms with Gasteiger partial charge in [0.1, 0.15) is 0 Å². The number of rotatable bonds is 2. The van der Waals surface area contributed by atoms with Gasteiger partial charge in [-0.15, -0.1) is 0 Å². The molecule has 3 aliphatic rings. The van der Waals surface area contributed by atoms with Crippen molar-refractivity contribution in [1.29, 1.82) is 0 Å². The molecule has 0 aromatic heterocycles. The number of fused-ring (bicyclic) bond motifs is 1. The Morgan fingerprint density at radius 2 is 2.09 bits per heavy atom. The predicted molar refractivity (Wildman–Crippen MR) is 41.7 cm³/mol. The van der Waals surface area contributed by atoms with E-state index in [0.717, 1.165) is 12.8 Å². The molecule has 3 rings (SSSR count). The van der Waals surface area contributed by atoms with Gasteiger partial charge in [-0.1, -0.05) is 0 Å². The lowest BCUT2D eigenvalue weighted by Gasteiger charge is -2.23. The first-order valence-corrected chi connectivity index (χ1v) is 5.03. The number of nitrogens with zero attached hydrogens (tertiary/aromatic N) is 2. The largest absolute Gasteiger partial charge is 0.321 e. The molecule has 5 heteroatoms. The molecule has 0 aromatic carbocycles. The van der Waals surface area contributed by atoms with Crippen LogP contribution in [-0.4, -0.2) is 32.0 Å². The molecule has 0 unspecified atom stereocenters. The maximum Gasteiger partial charge on any atom is 0.321 e. The van der Waals surface area contributed by atoms with E-state index in [4.69, 9.17) is 0 Å². The van der Waals surface area contributed by atoms with E-state index in [2.05, 4.69) is 11.1 Å². The van der Waals surface area contributed by atoms with Gasteiger partial charge in [-0.25, -0.2) is 0 Å². The minimum Gasteiger partial charge on any atom is -0.187 e. The Labute approximate surface area is 66.1 Å². The highest BCUT2D eigenvalue weighted by Gasteiger charge is 2.47. The Balaban J connectivity index is 2.24. The van der Waals surface area contributed by atoms with Gasteiger partial charge in [0.05, 0.1) is 0 Å². The van der Waals surface area contributed by atoms with Crippen molar-refractivity contribution in [1.82, 2.24) is 4.31 Å². The van der Waals surface area contributed by atoms with E-state index in [1.165, 1.54) is 4.31 Å². The van der Waals surface area contributed by atoms with Crippen LogP contribution >= 0.6 is 0 Å². The average molecular weight is 174 g/mol. The van der Waals surface area contributed by atoms with Crippen molar-refractivity contribution in [2.75, 3.05) is 6.54 Å². The molecule has 0 spiro atoms. The molecule has 0 amide bonds. The Morgan fingerprint density at radius 1 is 1.45 bits per heavy atom. The van der Waals surface area contributed by atoms with Crippen LogP contribution < -0.4 is 0 Å². The van der Waals surface area contributed by atoms with Crippen LogP contribution in [0.2, 0.25) is 0 Å². The minimum absolute atomic E-state index is 0.232. The van der Waals surface area contributed by atoms with E-state index in [0.29, 0.717) is 12.5 Å². The standard InChI is InChI=1S/C6H10N2O2S/c1-7-11(9,10)8-4-5-2-6(8)3-5/h5-6H,1-4H2. The average Bonchev–Trinajstić information content (AvgIpc) is 2.41.